The summed E-state index contributed by atoms with van der Waals surface area (Å²) in [5.74, 6) is -0.109. The first-order chi connectivity index (χ1) is 11.2. The Hall–Kier alpha value is -2.20. The van der Waals surface area contributed by atoms with Crippen molar-refractivity contribution in [2.75, 3.05) is 24.3 Å². The molecule has 7 nitrogen and oxygen atoms in total. The van der Waals surface area contributed by atoms with Crippen molar-refractivity contribution in [3.05, 3.63) is 54.4 Å². The van der Waals surface area contributed by atoms with Crippen molar-refractivity contribution in [2.45, 2.75) is 6.61 Å². The first-order valence-electron chi connectivity index (χ1n) is 7.02. The molecule has 0 saturated heterocycles. The third kappa shape index (κ3) is 6.50. The second kappa shape index (κ2) is 10.6. The normalized spacial score (nSPS) is 10.6. The predicted octanol–water partition coefficient (Wildman–Crippen LogP) is 2.21. The fraction of sp³-hybridized carbons (Fsp3) is 0.188. The van der Waals surface area contributed by atoms with Gasteiger partial charge in [0.15, 0.2) is 5.96 Å². The first kappa shape index (κ1) is 19.8. The first-order valence-corrected chi connectivity index (χ1v) is 7.02. The Morgan fingerprint density at radius 1 is 1.25 bits per heavy atom. The zero-order valence-electron chi connectivity index (χ0n) is 13.2. The highest BCUT2D eigenvalue weighted by molar-refractivity contribution is 14.0. The molecule has 0 bridgehead atoms. The summed E-state index contributed by atoms with van der Waals surface area (Å²) in [4.78, 5) is 19.7. The van der Waals surface area contributed by atoms with Crippen molar-refractivity contribution >= 4 is 47.2 Å². The van der Waals surface area contributed by atoms with Crippen LogP contribution in [-0.4, -0.2) is 30.5 Å². The lowest BCUT2D eigenvalue weighted by molar-refractivity contribution is -0.114. The number of halogens is 1. The minimum Gasteiger partial charge on any atom is -0.380 e. The number of para-hydroxylation sites is 1. The molecule has 24 heavy (non-hydrogen) atoms. The maximum absolute atomic E-state index is 11.8. The maximum Gasteiger partial charge on any atom is 0.246 e. The molecule has 2 rings (SSSR count). The Morgan fingerprint density at radius 3 is 2.75 bits per heavy atom. The van der Waals surface area contributed by atoms with Gasteiger partial charge in [0.25, 0.3) is 0 Å². The molecule has 8 heteroatoms. The van der Waals surface area contributed by atoms with Gasteiger partial charge in [-0.25, -0.2) is 4.99 Å². The molecule has 1 heterocycles. The monoisotopic (exact) mass is 441 g/mol. The van der Waals surface area contributed by atoms with Crippen LogP contribution in [0.2, 0.25) is 0 Å². The van der Waals surface area contributed by atoms with Gasteiger partial charge in [0.1, 0.15) is 6.54 Å². The largest absolute Gasteiger partial charge is 0.380 e. The zero-order valence-corrected chi connectivity index (χ0v) is 15.6. The maximum atomic E-state index is 11.8. The van der Waals surface area contributed by atoms with E-state index in [9.17, 15) is 4.79 Å². The Labute approximate surface area is 157 Å². The van der Waals surface area contributed by atoms with E-state index < -0.39 is 0 Å². The summed E-state index contributed by atoms with van der Waals surface area (Å²) in [5.41, 5.74) is 8.18. The molecule has 1 aromatic heterocycles. The van der Waals surface area contributed by atoms with E-state index in [0.717, 1.165) is 11.3 Å². The molecular formula is C16H20IN5O2. The highest BCUT2D eigenvalue weighted by Crippen LogP contribution is 2.15. The summed E-state index contributed by atoms with van der Waals surface area (Å²) >= 11 is 0. The van der Waals surface area contributed by atoms with Gasteiger partial charge in [-0.2, -0.15) is 0 Å². The van der Waals surface area contributed by atoms with E-state index in [1.807, 2.05) is 24.3 Å². The molecule has 1 amide bonds. The summed E-state index contributed by atoms with van der Waals surface area (Å²) in [6, 6.07) is 11.1. The number of nitrogens with zero attached hydrogens (tertiary/aromatic N) is 2. The third-order valence-electron chi connectivity index (χ3n) is 2.92. The summed E-state index contributed by atoms with van der Waals surface area (Å²) in [5, 5.41) is 5.65. The number of rotatable bonds is 6. The number of carbonyl (C=O) groups excluding carboxylic acids is 1. The van der Waals surface area contributed by atoms with Gasteiger partial charge in [0, 0.05) is 24.6 Å². The fourth-order valence-corrected chi connectivity index (χ4v) is 1.90. The number of nitrogens with one attached hydrogen (secondary N) is 2. The highest BCUT2D eigenvalue weighted by atomic mass is 127. The van der Waals surface area contributed by atoms with Gasteiger partial charge < -0.3 is 21.1 Å². The van der Waals surface area contributed by atoms with E-state index in [4.69, 9.17) is 10.5 Å². The van der Waals surface area contributed by atoms with E-state index >= 15 is 0 Å². The zero-order chi connectivity index (χ0) is 16.5. The van der Waals surface area contributed by atoms with E-state index in [-0.39, 0.29) is 42.4 Å². The minimum atomic E-state index is -0.270. The number of pyridine rings is 1. The number of anilines is 2. The van der Waals surface area contributed by atoms with Crippen LogP contribution < -0.4 is 16.4 Å². The van der Waals surface area contributed by atoms with Crippen molar-refractivity contribution in [1.29, 1.82) is 0 Å². The Kier molecular flexibility index (Phi) is 8.72. The molecular weight excluding hydrogens is 421 g/mol. The number of methoxy groups -OCH3 is 1. The quantitative estimate of drug-likeness (QED) is 0.363. The molecule has 0 radical (unpaired) electrons. The Bertz CT molecular complexity index is 679. The molecule has 0 unspecified atom stereocenters. The van der Waals surface area contributed by atoms with Gasteiger partial charge >= 0.3 is 0 Å². The lowest BCUT2D eigenvalue weighted by Gasteiger charge is -2.10. The van der Waals surface area contributed by atoms with Crippen LogP contribution in [0.5, 0.6) is 0 Å². The average molecular weight is 441 g/mol. The molecule has 2 aromatic rings. The molecule has 0 spiro atoms. The van der Waals surface area contributed by atoms with Crippen molar-refractivity contribution < 1.29 is 9.53 Å². The van der Waals surface area contributed by atoms with Crippen molar-refractivity contribution in [3.8, 4) is 0 Å². The number of aromatic nitrogens is 1. The number of hydrogen-bond donors (Lipinski definition) is 3. The second-order valence-electron chi connectivity index (χ2n) is 4.71. The van der Waals surface area contributed by atoms with Crippen LogP contribution in [-0.2, 0) is 16.1 Å². The highest BCUT2D eigenvalue weighted by Gasteiger charge is 2.04. The van der Waals surface area contributed by atoms with Gasteiger partial charge in [-0.05, 0) is 18.2 Å². The van der Waals surface area contributed by atoms with Crippen LogP contribution in [0.3, 0.4) is 0 Å². The number of aliphatic imine (C=N–C) groups is 1. The summed E-state index contributed by atoms with van der Waals surface area (Å²) in [7, 11) is 1.62. The number of nitrogens with two attached hydrogens (primary N) is 1. The van der Waals surface area contributed by atoms with Crippen LogP contribution >= 0.6 is 24.0 Å². The van der Waals surface area contributed by atoms with Gasteiger partial charge in [0.05, 0.1) is 18.5 Å². The Morgan fingerprint density at radius 2 is 2.04 bits per heavy atom. The number of carbonyl (C=O) groups is 1. The number of guanidine groups is 1. The van der Waals surface area contributed by atoms with Crippen LogP contribution in [0.1, 0.15) is 5.56 Å². The lowest BCUT2D eigenvalue weighted by atomic mass is 10.2. The van der Waals surface area contributed by atoms with Crippen LogP contribution in [0, 0.1) is 0 Å². The van der Waals surface area contributed by atoms with Gasteiger partial charge in [-0.3, -0.25) is 9.78 Å². The summed E-state index contributed by atoms with van der Waals surface area (Å²) in [6.45, 7) is 0.373. The minimum absolute atomic E-state index is 0. The van der Waals surface area contributed by atoms with Gasteiger partial charge in [-0.15, -0.1) is 24.0 Å². The molecule has 0 saturated carbocycles. The third-order valence-corrected chi connectivity index (χ3v) is 2.92. The number of ether oxygens (including phenoxy) is 1. The van der Waals surface area contributed by atoms with E-state index in [0.29, 0.717) is 12.3 Å². The molecule has 0 aliphatic carbocycles. The average Bonchev–Trinajstić information content (AvgIpc) is 2.56. The summed E-state index contributed by atoms with van der Waals surface area (Å²) < 4.78 is 5.12. The standard InChI is InChI=1S/C16H19N5O2.HI/c1-23-11-12-5-2-3-7-14(12)21-16(17)19-10-15(22)20-13-6-4-8-18-9-13;/h2-9H,10-11H2,1H3,(H,20,22)(H3,17,19,21);1H. The van der Waals surface area contributed by atoms with E-state index in [1.54, 1.807) is 31.6 Å². The summed E-state index contributed by atoms with van der Waals surface area (Å²) in [6.07, 6.45) is 3.19. The molecule has 0 aliphatic heterocycles. The lowest BCUT2D eigenvalue weighted by Crippen LogP contribution is -2.26. The van der Waals surface area contributed by atoms with Gasteiger partial charge in [-0.1, -0.05) is 18.2 Å². The molecule has 0 fully saturated rings. The molecule has 128 valence electrons. The van der Waals surface area contributed by atoms with Crippen LogP contribution in [0.4, 0.5) is 11.4 Å². The second-order valence-corrected chi connectivity index (χ2v) is 4.71. The molecule has 1 aromatic carbocycles. The van der Waals surface area contributed by atoms with Gasteiger partial charge in [0.2, 0.25) is 5.91 Å². The van der Waals surface area contributed by atoms with Crippen LogP contribution in [0.25, 0.3) is 0 Å². The van der Waals surface area contributed by atoms with Crippen LogP contribution in [0.15, 0.2) is 53.8 Å². The number of benzene rings is 1. The fourth-order valence-electron chi connectivity index (χ4n) is 1.90. The van der Waals surface area contributed by atoms with E-state index in [2.05, 4.69) is 20.6 Å². The van der Waals surface area contributed by atoms with Crippen molar-refractivity contribution in [2.24, 2.45) is 10.7 Å². The molecule has 4 N–H and O–H groups in total. The smallest absolute Gasteiger partial charge is 0.246 e. The number of amides is 1. The number of hydrogen-bond acceptors (Lipinski definition) is 4. The molecule has 0 aliphatic rings. The predicted molar refractivity (Wildman–Crippen MR) is 106 cm³/mol. The SMILES string of the molecule is COCc1ccccc1NC(N)=NCC(=O)Nc1cccnc1.I. The van der Waals surface area contributed by atoms with Crippen molar-refractivity contribution in [1.82, 2.24) is 4.98 Å². The topological polar surface area (TPSA) is 102 Å². The Balaban J connectivity index is 0.00000288. The van der Waals surface area contributed by atoms with E-state index in [1.165, 1.54) is 0 Å². The van der Waals surface area contributed by atoms with Crippen molar-refractivity contribution in [3.63, 3.8) is 0 Å². The molecule has 0 atom stereocenters.